The lowest BCUT2D eigenvalue weighted by molar-refractivity contribution is 0.101. The number of anilines is 1. The number of rotatable bonds is 4. The van der Waals surface area contributed by atoms with E-state index in [4.69, 9.17) is 10.5 Å². The summed E-state index contributed by atoms with van der Waals surface area (Å²) in [6, 6.07) is 9.53. The Morgan fingerprint density at radius 3 is 2.70 bits per heavy atom. The fourth-order valence-corrected chi connectivity index (χ4v) is 2.08. The van der Waals surface area contributed by atoms with E-state index in [1.165, 1.54) is 13.0 Å². The van der Waals surface area contributed by atoms with Crippen molar-refractivity contribution in [2.75, 3.05) is 5.73 Å². The number of carbonyl (C=O) groups is 1. The molecule has 0 saturated carbocycles. The van der Waals surface area contributed by atoms with Crippen molar-refractivity contribution in [2.45, 2.75) is 13.5 Å². The van der Waals surface area contributed by atoms with Crippen LogP contribution in [0.15, 0.2) is 40.9 Å². The predicted octanol–water partition coefficient (Wildman–Crippen LogP) is 3.95. The molecule has 0 fully saturated rings. The van der Waals surface area contributed by atoms with Gasteiger partial charge in [0.25, 0.3) is 0 Å². The summed E-state index contributed by atoms with van der Waals surface area (Å²) >= 11 is 3.19. The fraction of sp³-hybridized carbons (Fsp3) is 0.133. The highest BCUT2D eigenvalue weighted by atomic mass is 79.9. The molecule has 2 rings (SSSR count). The van der Waals surface area contributed by atoms with Gasteiger partial charge >= 0.3 is 0 Å². The third-order valence-electron chi connectivity index (χ3n) is 2.78. The molecule has 0 radical (unpaired) electrons. The molecular weight excluding hydrogens is 325 g/mol. The SMILES string of the molecule is CC(=O)c1cc(N)ccc1OCc1ccc(Br)cc1F. The van der Waals surface area contributed by atoms with Gasteiger partial charge in [0.1, 0.15) is 18.2 Å². The topological polar surface area (TPSA) is 52.3 Å². The van der Waals surface area contributed by atoms with E-state index in [9.17, 15) is 9.18 Å². The number of nitrogen functional groups attached to an aromatic ring is 1. The molecule has 0 amide bonds. The summed E-state index contributed by atoms with van der Waals surface area (Å²) in [5.74, 6) is -0.114. The first-order valence-electron chi connectivity index (χ1n) is 5.94. The van der Waals surface area contributed by atoms with Gasteiger partial charge in [-0.1, -0.05) is 22.0 Å². The van der Waals surface area contributed by atoms with Gasteiger partial charge in [0, 0.05) is 15.7 Å². The van der Waals surface area contributed by atoms with E-state index < -0.39 is 0 Å². The highest BCUT2D eigenvalue weighted by Gasteiger charge is 2.10. The van der Waals surface area contributed by atoms with Gasteiger partial charge in [0.15, 0.2) is 5.78 Å². The van der Waals surface area contributed by atoms with Gasteiger partial charge in [-0.25, -0.2) is 4.39 Å². The molecular formula is C15H13BrFNO2. The van der Waals surface area contributed by atoms with E-state index in [2.05, 4.69) is 15.9 Å². The minimum Gasteiger partial charge on any atom is -0.488 e. The van der Waals surface area contributed by atoms with Crippen LogP contribution in [0.1, 0.15) is 22.8 Å². The second-order valence-electron chi connectivity index (χ2n) is 4.34. The smallest absolute Gasteiger partial charge is 0.163 e. The Balaban J connectivity index is 2.20. The molecule has 0 heterocycles. The standard InChI is InChI=1S/C15H13BrFNO2/c1-9(19)13-7-12(18)4-5-15(13)20-8-10-2-3-11(16)6-14(10)17/h2-7H,8,18H2,1H3. The van der Waals surface area contributed by atoms with Crippen LogP contribution in [0.4, 0.5) is 10.1 Å². The van der Waals surface area contributed by atoms with Crippen molar-refractivity contribution in [1.82, 2.24) is 0 Å². The van der Waals surface area contributed by atoms with Crippen LogP contribution >= 0.6 is 15.9 Å². The van der Waals surface area contributed by atoms with Gasteiger partial charge in [-0.05, 0) is 37.3 Å². The van der Waals surface area contributed by atoms with Crippen molar-refractivity contribution in [3.63, 3.8) is 0 Å². The molecule has 104 valence electrons. The zero-order chi connectivity index (χ0) is 14.7. The van der Waals surface area contributed by atoms with Crippen LogP contribution in [0.5, 0.6) is 5.75 Å². The van der Waals surface area contributed by atoms with Gasteiger partial charge in [-0.15, -0.1) is 0 Å². The number of ether oxygens (including phenoxy) is 1. The monoisotopic (exact) mass is 337 g/mol. The second-order valence-corrected chi connectivity index (χ2v) is 5.25. The largest absolute Gasteiger partial charge is 0.488 e. The predicted molar refractivity (Wildman–Crippen MR) is 79.3 cm³/mol. The highest BCUT2D eigenvalue weighted by molar-refractivity contribution is 9.10. The fourth-order valence-electron chi connectivity index (χ4n) is 1.74. The Kier molecular flexibility index (Phi) is 4.39. The Labute approximate surface area is 124 Å². The maximum atomic E-state index is 13.7. The normalized spacial score (nSPS) is 10.3. The van der Waals surface area contributed by atoms with Crippen molar-refractivity contribution in [3.8, 4) is 5.75 Å². The molecule has 0 spiro atoms. The van der Waals surface area contributed by atoms with Crippen molar-refractivity contribution in [1.29, 1.82) is 0 Å². The number of ketones is 1. The third-order valence-corrected chi connectivity index (χ3v) is 3.27. The second kappa shape index (κ2) is 6.05. The summed E-state index contributed by atoms with van der Waals surface area (Å²) < 4.78 is 19.9. The van der Waals surface area contributed by atoms with E-state index in [1.54, 1.807) is 30.3 Å². The Bertz CT molecular complexity index is 658. The van der Waals surface area contributed by atoms with Crippen LogP contribution in [0, 0.1) is 5.82 Å². The molecule has 0 bridgehead atoms. The number of Topliss-reactive ketones (excluding diaryl/α,β-unsaturated/α-hetero) is 1. The van der Waals surface area contributed by atoms with Gasteiger partial charge in [-0.2, -0.15) is 0 Å². The van der Waals surface area contributed by atoms with Crippen LogP contribution in [0.25, 0.3) is 0 Å². The number of carbonyl (C=O) groups excluding carboxylic acids is 1. The molecule has 0 aromatic heterocycles. The average molecular weight is 338 g/mol. The summed E-state index contributed by atoms with van der Waals surface area (Å²) in [6.45, 7) is 1.48. The van der Waals surface area contributed by atoms with Gasteiger partial charge in [0.05, 0.1) is 5.56 Å². The minimum absolute atomic E-state index is 0.0450. The van der Waals surface area contributed by atoms with Gasteiger partial charge in [0.2, 0.25) is 0 Å². The summed E-state index contributed by atoms with van der Waals surface area (Å²) in [4.78, 5) is 11.5. The molecule has 0 aliphatic heterocycles. The molecule has 2 aromatic rings. The van der Waals surface area contributed by atoms with Crippen molar-refractivity contribution in [3.05, 3.63) is 57.8 Å². The Hall–Kier alpha value is -1.88. The lowest BCUT2D eigenvalue weighted by atomic mass is 10.1. The average Bonchev–Trinajstić information content (AvgIpc) is 2.38. The molecule has 2 N–H and O–H groups in total. The lowest BCUT2D eigenvalue weighted by Gasteiger charge is -2.11. The number of benzene rings is 2. The zero-order valence-corrected chi connectivity index (χ0v) is 12.4. The molecule has 5 heteroatoms. The lowest BCUT2D eigenvalue weighted by Crippen LogP contribution is -2.04. The van der Waals surface area contributed by atoms with Crippen molar-refractivity contribution in [2.24, 2.45) is 0 Å². The summed E-state index contributed by atoms with van der Waals surface area (Å²) in [5, 5.41) is 0. The number of halogens is 2. The van der Waals surface area contributed by atoms with E-state index in [1.807, 2.05) is 0 Å². The van der Waals surface area contributed by atoms with Crippen molar-refractivity contribution >= 4 is 27.4 Å². The quantitative estimate of drug-likeness (QED) is 0.678. The number of hydrogen-bond donors (Lipinski definition) is 1. The highest BCUT2D eigenvalue weighted by Crippen LogP contribution is 2.24. The molecule has 0 unspecified atom stereocenters. The van der Waals surface area contributed by atoms with E-state index in [0.717, 1.165) is 0 Å². The van der Waals surface area contributed by atoms with E-state index in [-0.39, 0.29) is 18.2 Å². The molecule has 3 nitrogen and oxygen atoms in total. The third kappa shape index (κ3) is 3.36. The molecule has 0 atom stereocenters. The van der Waals surface area contributed by atoms with Crippen LogP contribution in [-0.2, 0) is 6.61 Å². The molecule has 2 aromatic carbocycles. The van der Waals surface area contributed by atoms with E-state index >= 15 is 0 Å². The number of hydrogen-bond acceptors (Lipinski definition) is 3. The van der Waals surface area contributed by atoms with Gasteiger partial charge in [-0.3, -0.25) is 4.79 Å². The maximum absolute atomic E-state index is 13.7. The summed E-state index contributed by atoms with van der Waals surface area (Å²) in [6.07, 6.45) is 0. The molecule has 0 aliphatic carbocycles. The minimum atomic E-state index is -0.362. The maximum Gasteiger partial charge on any atom is 0.163 e. The first kappa shape index (κ1) is 14.5. The first-order valence-corrected chi connectivity index (χ1v) is 6.74. The molecule has 0 aliphatic rings. The van der Waals surface area contributed by atoms with Crippen molar-refractivity contribution < 1.29 is 13.9 Å². The van der Waals surface area contributed by atoms with E-state index in [0.29, 0.717) is 27.0 Å². The van der Waals surface area contributed by atoms with Crippen LogP contribution in [0.3, 0.4) is 0 Å². The number of nitrogens with two attached hydrogens (primary N) is 1. The zero-order valence-electron chi connectivity index (χ0n) is 10.8. The Morgan fingerprint density at radius 2 is 2.05 bits per heavy atom. The Morgan fingerprint density at radius 1 is 1.30 bits per heavy atom. The summed E-state index contributed by atoms with van der Waals surface area (Å²) in [7, 11) is 0. The van der Waals surface area contributed by atoms with Crippen LogP contribution in [-0.4, -0.2) is 5.78 Å². The van der Waals surface area contributed by atoms with Gasteiger partial charge < -0.3 is 10.5 Å². The summed E-state index contributed by atoms with van der Waals surface area (Å²) in [5.41, 5.74) is 6.93. The first-order chi connectivity index (χ1) is 9.47. The van der Waals surface area contributed by atoms with Crippen LogP contribution in [0.2, 0.25) is 0 Å². The van der Waals surface area contributed by atoms with Crippen LogP contribution < -0.4 is 10.5 Å². The molecule has 20 heavy (non-hydrogen) atoms. The molecule has 0 saturated heterocycles.